The van der Waals surface area contributed by atoms with Crippen molar-refractivity contribution in [2.24, 2.45) is 0 Å². The highest BCUT2D eigenvalue weighted by Gasteiger charge is 2.29. The smallest absolute Gasteiger partial charge is 0.168 e. The zero-order valence-corrected chi connectivity index (χ0v) is 13.3. The Morgan fingerprint density at radius 1 is 1.14 bits per heavy atom. The Bertz CT molecular complexity index is 660. The minimum atomic E-state index is 0.450. The van der Waals surface area contributed by atoms with E-state index in [0.717, 1.165) is 17.2 Å². The molecule has 22 heavy (non-hydrogen) atoms. The topological polar surface area (TPSA) is 39.9 Å². The molecule has 2 fully saturated rings. The summed E-state index contributed by atoms with van der Waals surface area (Å²) in [7, 11) is 0. The Kier molecular flexibility index (Phi) is 3.78. The van der Waals surface area contributed by atoms with Crippen molar-refractivity contribution in [3.63, 3.8) is 0 Å². The third kappa shape index (κ3) is 2.98. The predicted octanol–water partition coefficient (Wildman–Crippen LogP) is 5.11. The van der Waals surface area contributed by atoms with Gasteiger partial charge in [0.2, 0.25) is 0 Å². The summed E-state index contributed by atoms with van der Waals surface area (Å²) in [6.07, 6.45) is 12.6. The van der Waals surface area contributed by atoms with Gasteiger partial charge in [-0.3, -0.25) is 4.68 Å². The van der Waals surface area contributed by atoms with Crippen molar-refractivity contribution in [2.45, 2.75) is 56.9 Å². The fourth-order valence-electron chi connectivity index (χ4n) is 3.23. The molecule has 0 amide bonds. The third-order valence-corrected chi connectivity index (χ3v) is 4.77. The summed E-state index contributed by atoms with van der Waals surface area (Å²) in [6, 6.07) is 4.16. The number of hydrogen-bond donors (Lipinski definition) is 0. The molecule has 0 unspecified atom stereocenters. The van der Waals surface area contributed by atoms with Gasteiger partial charge in [-0.2, -0.15) is 5.10 Å². The van der Waals surface area contributed by atoms with Crippen LogP contribution in [0, 0.1) is 0 Å². The molecule has 2 aliphatic carbocycles. The van der Waals surface area contributed by atoms with E-state index < -0.39 is 0 Å². The maximum Gasteiger partial charge on any atom is 0.168 e. The van der Waals surface area contributed by atoms with Gasteiger partial charge >= 0.3 is 0 Å². The first-order chi connectivity index (χ1) is 10.8. The maximum atomic E-state index is 6.09. The van der Waals surface area contributed by atoms with Gasteiger partial charge in [-0.1, -0.05) is 30.9 Å². The maximum absolute atomic E-state index is 6.09. The van der Waals surface area contributed by atoms with Gasteiger partial charge in [0.15, 0.2) is 5.75 Å². The van der Waals surface area contributed by atoms with Gasteiger partial charge in [-0.15, -0.1) is 0 Å². The molecule has 2 heterocycles. The number of nitrogens with zero attached hydrogens (tertiary/aromatic N) is 3. The van der Waals surface area contributed by atoms with E-state index in [4.69, 9.17) is 21.4 Å². The number of pyridine rings is 1. The predicted molar refractivity (Wildman–Crippen MR) is 85.6 cm³/mol. The van der Waals surface area contributed by atoms with Gasteiger partial charge in [-0.25, -0.2) is 4.98 Å². The Hall–Kier alpha value is -1.55. The van der Waals surface area contributed by atoms with Crippen LogP contribution in [0.2, 0.25) is 5.15 Å². The molecule has 0 bridgehead atoms. The largest absolute Gasteiger partial charge is 0.454 e. The molecule has 4 nitrogen and oxygen atoms in total. The Morgan fingerprint density at radius 2 is 1.95 bits per heavy atom. The van der Waals surface area contributed by atoms with Crippen molar-refractivity contribution in [2.75, 3.05) is 0 Å². The lowest BCUT2D eigenvalue weighted by Gasteiger charge is -2.20. The van der Waals surface area contributed by atoms with E-state index in [2.05, 4.69) is 15.9 Å². The average molecular weight is 318 g/mol. The van der Waals surface area contributed by atoms with Gasteiger partial charge in [0.05, 0.1) is 12.2 Å². The van der Waals surface area contributed by atoms with Crippen molar-refractivity contribution < 1.29 is 4.74 Å². The molecule has 0 N–H and O–H groups in total. The Labute approximate surface area is 135 Å². The summed E-state index contributed by atoms with van der Waals surface area (Å²) in [5.41, 5.74) is 1.12. The molecule has 0 radical (unpaired) electrons. The van der Waals surface area contributed by atoms with Gasteiger partial charge in [0.1, 0.15) is 16.6 Å². The molecule has 2 aromatic heterocycles. The summed E-state index contributed by atoms with van der Waals surface area (Å²) in [5.74, 6) is 2.15. The monoisotopic (exact) mass is 317 g/mol. The molecule has 4 rings (SSSR count). The molecule has 2 saturated carbocycles. The standard InChI is InChI=1S/C17H20ClN3O/c18-16-10-14(8-9-19-16)22-15-11-21(13-6-7-13)20-17(15)12-4-2-1-3-5-12/h8-13H,1-7H2. The molecule has 0 aromatic carbocycles. The van der Waals surface area contributed by atoms with Crippen LogP contribution in [0.15, 0.2) is 24.5 Å². The molecule has 0 atom stereocenters. The van der Waals surface area contributed by atoms with E-state index >= 15 is 0 Å². The quantitative estimate of drug-likeness (QED) is 0.736. The molecule has 0 spiro atoms. The summed E-state index contributed by atoms with van der Waals surface area (Å²) in [4.78, 5) is 4.00. The number of rotatable bonds is 4. The summed E-state index contributed by atoms with van der Waals surface area (Å²) >= 11 is 5.95. The second kappa shape index (κ2) is 5.92. The molecule has 2 aromatic rings. The molecule has 0 aliphatic heterocycles. The van der Waals surface area contributed by atoms with Crippen LogP contribution in [0.5, 0.6) is 11.5 Å². The van der Waals surface area contributed by atoms with Gasteiger partial charge in [-0.05, 0) is 31.7 Å². The summed E-state index contributed by atoms with van der Waals surface area (Å²) in [5, 5.41) is 5.31. The first kappa shape index (κ1) is 14.1. The Morgan fingerprint density at radius 3 is 2.68 bits per heavy atom. The summed E-state index contributed by atoms with van der Waals surface area (Å²) in [6.45, 7) is 0. The highest BCUT2D eigenvalue weighted by molar-refractivity contribution is 6.29. The van der Waals surface area contributed by atoms with Crippen molar-refractivity contribution in [3.8, 4) is 11.5 Å². The van der Waals surface area contributed by atoms with E-state index in [1.165, 1.54) is 44.9 Å². The lowest BCUT2D eigenvalue weighted by molar-refractivity contribution is 0.412. The van der Waals surface area contributed by atoms with Gasteiger partial charge in [0.25, 0.3) is 0 Å². The zero-order chi connectivity index (χ0) is 14.9. The molecular weight excluding hydrogens is 298 g/mol. The van der Waals surface area contributed by atoms with Crippen LogP contribution in [0.25, 0.3) is 0 Å². The minimum absolute atomic E-state index is 0.450. The number of ether oxygens (including phenoxy) is 1. The van der Waals surface area contributed by atoms with Crippen molar-refractivity contribution in [1.29, 1.82) is 0 Å². The van der Waals surface area contributed by atoms with E-state index in [9.17, 15) is 0 Å². The van der Waals surface area contributed by atoms with Crippen molar-refractivity contribution >= 4 is 11.6 Å². The average Bonchev–Trinajstić information content (AvgIpc) is 3.30. The number of hydrogen-bond acceptors (Lipinski definition) is 3. The van der Waals surface area contributed by atoms with Crippen molar-refractivity contribution in [3.05, 3.63) is 35.4 Å². The fraction of sp³-hybridized carbons (Fsp3) is 0.529. The lowest BCUT2D eigenvalue weighted by Crippen LogP contribution is -2.07. The molecular formula is C17H20ClN3O. The van der Waals surface area contributed by atoms with Crippen LogP contribution < -0.4 is 4.74 Å². The van der Waals surface area contributed by atoms with Crippen LogP contribution in [0.1, 0.15) is 62.6 Å². The normalized spacial score (nSPS) is 19.3. The zero-order valence-electron chi connectivity index (χ0n) is 12.5. The molecule has 5 heteroatoms. The number of halogens is 1. The molecule has 0 saturated heterocycles. The van der Waals surface area contributed by atoms with E-state index in [1.807, 2.05) is 6.07 Å². The van der Waals surface area contributed by atoms with Crippen LogP contribution in [0.3, 0.4) is 0 Å². The third-order valence-electron chi connectivity index (χ3n) is 4.56. The highest BCUT2D eigenvalue weighted by atomic mass is 35.5. The fourth-order valence-corrected chi connectivity index (χ4v) is 3.39. The summed E-state index contributed by atoms with van der Waals surface area (Å²) < 4.78 is 8.19. The van der Waals surface area contributed by atoms with E-state index in [1.54, 1.807) is 12.3 Å². The second-order valence-electron chi connectivity index (χ2n) is 6.34. The van der Waals surface area contributed by atoms with Gasteiger partial charge in [0, 0.05) is 18.2 Å². The van der Waals surface area contributed by atoms with Gasteiger partial charge < -0.3 is 4.74 Å². The van der Waals surface area contributed by atoms with Crippen molar-refractivity contribution in [1.82, 2.24) is 14.8 Å². The van der Waals surface area contributed by atoms with Crippen LogP contribution >= 0.6 is 11.6 Å². The van der Waals surface area contributed by atoms with Crippen LogP contribution in [-0.2, 0) is 0 Å². The first-order valence-electron chi connectivity index (χ1n) is 8.18. The Balaban J connectivity index is 1.63. The van der Waals surface area contributed by atoms with Crippen LogP contribution in [0.4, 0.5) is 0 Å². The SMILES string of the molecule is Clc1cc(Oc2cn(C3CC3)nc2C2CCCCC2)ccn1. The van der Waals surface area contributed by atoms with E-state index in [-0.39, 0.29) is 0 Å². The number of aromatic nitrogens is 3. The second-order valence-corrected chi connectivity index (χ2v) is 6.73. The lowest BCUT2D eigenvalue weighted by atomic mass is 9.87. The first-order valence-corrected chi connectivity index (χ1v) is 8.56. The molecule has 2 aliphatic rings. The van der Waals surface area contributed by atoms with E-state index in [0.29, 0.717) is 17.1 Å². The molecule has 116 valence electrons. The van der Waals surface area contributed by atoms with Crippen LogP contribution in [-0.4, -0.2) is 14.8 Å². The highest BCUT2D eigenvalue weighted by Crippen LogP contribution is 2.42. The minimum Gasteiger partial charge on any atom is -0.454 e.